The standard InChI is InChI=1S/C14H19BrFNO/c1-17-14(11-4-6-18-7-5-11)9-10-2-3-13(16)12(15)8-10/h2-3,8,11,14,17H,4-7,9H2,1H3. The molecule has 1 aromatic carbocycles. The van der Waals surface area contributed by atoms with E-state index in [1.54, 1.807) is 0 Å². The van der Waals surface area contributed by atoms with E-state index in [0.29, 0.717) is 16.4 Å². The number of benzene rings is 1. The van der Waals surface area contributed by atoms with Gasteiger partial charge in [-0.1, -0.05) is 6.07 Å². The van der Waals surface area contributed by atoms with Crippen molar-refractivity contribution in [2.75, 3.05) is 20.3 Å². The van der Waals surface area contributed by atoms with Crippen LogP contribution in [0.1, 0.15) is 18.4 Å². The Morgan fingerprint density at radius 3 is 2.78 bits per heavy atom. The Morgan fingerprint density at radius 2 is 2.17 bits per heavy atom. The summed E-state index contributed by atoms with van der Waals surface area (Å²) in [6.07, 6.45) is 3.14. The minimum Gasteiger partial charge on any atom is -0.381 e. The van der Waals surface area contributed by atoms with Gasteiger partial charge in [-0.2, -0.15) is 0 Å². The van der Waals surface area contributed by atoms with Gasteiger partial charge < -0.3 is 10.1 Å². The summed E-state index contributed by atoms with van der Waals surface area (Å²) >= 11 is 3.24. The van der Waals surface area contributed by atoms with Crippen molar-refractivity contribution in [3.05, 3.63) is 34.1 Å². The average Bonchev–Trinajstić information content (AvgIpc) is 2.41. The molecule has 1 heterocycles. The number of hydrogen-bond donors (Lipinski definition) is 1. The van der Waals surface area contributed by atoms with Crippen LogP contribution in [0.4, 0.5) is 4.39 Å². The van der Waals surface area contributed by atoms with E-state index >= 15 is 0 Å². The topological polar surface area (TPSA) is 21.3 Å². The summed E-state index contributed by atoms with van der Waals surface area (Å²) in [6.45, 7) is 1.71. The largest absolute Gasteiger partial charge is 0.381 e. The summed E-state index contributed by atoms with van der Waals surface area (Å²) in [5.41, 5.74) is 1.16. The molecular formula is C14H19BrFNO. The second-order valence-electron chi connectivity index (χ2n) is 4.80. The molecule has 1 aliphatic heterocycles. The first-order valence-electron chi connectivity index (χ1n) is 6.39. The number of hydrogen-bond acceptors (Lipinski definition) is 2. The quantitative estimate of drug-likeness (QED) is 0.921. The molecule has 100 valence electrons. The second-order valence-corrected chi connectivity index (χ2v) is 5.65. The van der Waals surface area contributed by atoms with Gasteiger partial charge in [-0.15, -0.1) is 0 Å². The van der Waals surface area contributed by atoms with E-state index in [2.05, 4.69) is 21.2 Å². The van der Waals surface area contributed by atoms with Crippen LogP contribution in [0.25, 0.3) is 0 Å². The first kappa shape index (κ1) is 14.0. The van der Waals surface area contributed by atoms with E-state index in [4.69, 9.17) is 4.74 Å². The third kappa shape index (κ3) is 3.53. The summed E-state index contributed by atoms with van der Waals surface area (Å²) < 4.78 is 19.1. The minimum absolute atomic E-state index is 0.203. The highest BCUT2D eigenvalue weighted by Crippen LogP contribution is 2.23. The zero-order chi connectivity index (χ0) is 13.0. The highest BCUT2D eigenvalue weighted by atomic mass is 79.9. The molecule has 0 saturated carbocycles. The molecular weight excluding hydrogens is 297 g/mol. The van der Waals surface area contributed by atoms with Crippen LogP contribution in [-0.4, -0.2) is 26.3 Å². The van der Waals surface area contributed by atoms with Gasteiger partial charge in [0, 0.05) is 19.3 Å². The maximum atomic E-state index is 13.2. The lowest BCUT2D eigenvalue weighted by Gasteiger charge is -2.30. The van der Waals surface area contributed by atoms with Gasteiger partial charge >= 0.3 is 0 Å². The van der Waals surface area contributed by atoms with E-state index in [1.807, 2.05) is 19.2 Å². The summed E-state index contributed by atoms with van der Waals surface area (Å²) in [6, 6.07) is 5.70. The van der Waals surface area contributed by atoms with Crippen molar-refractivity contribution in [3.8, 4) is 0 Å². The van der Waals surface area contributed by atoms with Crippen molar-refractivity contribution in [2.24, 2.45) is 5.92 Å². The van der Waals surface area contributed by atoms with Crippen molar-refractivity contribution < 1.29 is 9.13 Å². The van der Waals surface area contributed by atoms with Crippen LogP contribution in [0.15, 0.2) is 22.7 Å². The van der Waals surface area contributed by atoms with E-state index in [1.165, 1.54) is 6.07 Å². The molecule has 1 unspecified atom stereocenters. The molecule has 0 aliphatic carbocycles. The Bertz CT molecular complexity index is 393. The third-order valence-electron chi connectivity index (χ3n) is 3.65. The minimum atomic E-state index is -0.203. The highest BCUT2D eigenvalue weighted by Gasteiger charge is 2.23. The number of rotatable bonds is 4. The van der Waals surface area contributed by atoms with Crippen LogP contribution in [0.5, 0.6) is 0 Å². The number of likely N-dealkylation sites (N-methyl/N-ethyl adjacent to an activating group) is 1. The lowest BCUT2D eigenvalue weighted by molar-refractivity contribution is 0.0547. The summed E-state index contributed by atoms with van der Waals surface area (Å²) in [5, 5.41) is 3.39. The van der Waals surface area contributed by atoms with Crippen LogP contribution in [-0.2, 0) is 11.2 Å². The molecule has 2 nitrogen and oxygen atoms in total. The fourth-order valence-corrected chi connectivity index (χ4v) is 2.97. The fraction of sp³-hybridized carbons (Fsp3) is 0.571. The van der Waals surface area contributed by atoms with Gasteiger partial charge in [0.2, 0.25) is 0 Å². The van der Waals surface area contributed by atoms with E-state index in [0.717, 1.165) is 38.0 Å². The van der Waals surface area contributed by atoms with E-state index in [-0.39, 0.29) is 5.82 Å². The Morgan fingerprint density at radius 1 is 1.44 bits per heavy atom. The smallest absolute Gasteiger partial charge is 0.137 e. The normalized spacial score (nSPS) is 18.8. The Hall–Kier alpha value is -0.450. The Kier molecular flexibility index (Phi) is 5.15. The predicted molar refractivity (Wildman–Crippen MR) is 74.2 cm³/mol. The molecule has 0 radical (unpaired) electrons. The monoisotopic (exact) mass is 315 g/mol. The molecule has 18 heavy (non-hydrogen) atoms. The molecule has 0 amide bonds. The van der Waals surface area contributed by atoms with Crippen LogP contribution < -0.4 is 5.32 Å². The Balaban J connectivity index is 2.02. The molecule has 1 N–H and O–H groups in total. The third-order valence-corrected chi connectivity index (χ3v) is 4.25. The number of ether oxygens (including phenoxy) is 1. The fourth-order valence-electron chi connectivity index (χ4n) is 2.54. The van der Waals surface area contributed by atoms with Gasteiger partial charge in [-0.05, 0) is 65.9 Å². The molecule has 0 spiro atoms. The molecule has 0 aromatic heterocycles. The first-order valence-corrected chi connectivity index (χ1v) is 7.19. The van der Waals surface area contributed by atoms with Crippen molar-refractivity contribution in [1.29, 1.82) is 0 Å². The van der Waals surface area contributed by atoms with Gasteiger partial charge in [0.15, 0.2) is 0 Å². The molecule has 0 bridgehead atoms. The number of nitrogens with one attached hydrogen (secondary N) is 1. The number of halogens is 2. The van der Waals surface area contributed by atoms with Crippen LogP contribution >= 0.6 is 15.9 Å². The summed E-state index contributed by atoms with van der Waals surface area (Å²) in [7, 11) is 2.00. The zero-order valence-corrected chi connectivity index (χ0v) is 12.2. The lowest BCUT2D eigenvalue weighted by atomic mass is 9.88. The van der Waals surface area contributed by atoms with Gasteiger partial charge in [-0.3, -0.25) is 0 Å². The SMILES string of the molecule is CNC(Cc1ccc(F)c(Br)c1)C1CCOCC1. The molecule has 1 aliphatic rings. The molecule has 2 rings (SSSR count). The summed E-state index contributed by atoms with van der Waals surface area (Å²) in [5.74, 6) is 0.443. The van der Waals surface area contributed by atoms with E-state index in [9.17, 15) is 4.39 Å². The van der Waals surface area contributed by atoms with Crippen LogP contribution in [0.3, 0.4) is 0 Å². The second kappa shape index (κ2) is 6.64. The van der Waals surface area contributed by atoms with Gasteiger partial charge in [-0.25, -0.2) is 4.39 Å². The maximum Gasteiger partial charge on any atom is 0.137 e. The molecule has 1 fully saturated rings. The van der Waals surface area contributed by atoms with Crippen molar-refractivity contribution in [3.63, 3.8) is 0 Å². The van der Waals surface area contributed by atoms with Crippen LogP contribution in [0.2, 0.25) is 0 Å². The molecule has 1 aromatic rings. The molecule has 1 atom stereocenters. The van der Waals surface area contributed by atoms with Crippen molar-refractivity contribution >= 4 is 15.9 Å². The first-order chi connectivity index (χ1) is 8.70. The average molecular weight is 316 g/mol. The van der Waals surface area contributed by atoms with E-state index < -0.39 is 0 Å². The van der Waals surface area contributed by atoms with Crippen LogP contribution in [0, 0.1) is 11.7 Å². The molecule has 1 saturated heterocycles. The zero-order valence-electron chi connectivity index (χ0n) is 10.6. The Labute approximate surface area is 116 Å². The van der Waals surface area contributed by atoms with Crippen molar-refractivity contribution in [1.82, 2.24) is 5.32 Å². The predicted octanol–water partition coefficient (Wildman–Crippen LogP) is 3.15. The lowest BCUT2D eigenvalue weighted by Crippen LogP contribution is -2.38. The maximum absolute atomic E-state index is 13.2. The molecule has 4 heteroatoms. The van der Waals surface area contributed by atoms with Crippen molar-refractivity contribution in [2.45, 2.75) is 25.3 Å². The van der Waals surface area contributed by atoms with Gasteiger partial charge in [0.05, 0.1) is 4.47 Å². The highest BCUT2D eigenvalue weighted by molar-refractivity contribution is 9.10. The van der Waals surface area contributed by atoms with Gasteiger partial charge in [0.1, 0.15) is 5.82 Å². The van der Waals surface area contributed by atoms with Gasteiger partial charge in [0.25, 0.3) is 0 Å². The summed E-state index contributed by atoms with van der Waals surface area (Å²) in [4.78, 5) is 0.